The monoisotopic (exact) mass is 492 g/mol. The standard InChI is InChI=1S/C37H48/c1-23(2)33-17-25(5)15-31-13-11-29(21-35(31)33)19-27(7)37(9,10)28(8)20-30-12-14-32-16-26(6)18-34(24(3)4)36(32)22-30/h11-18,21-24,27-28H,19-20H2,1-10H3. The molecule has 2 atom stereocenters. The molecule has 4 rings (SSSR count). The molecule has 0 aromatic heterocycles. The van der Waals surface area contributed by atoms with Crippen molar-refractivity contribution >= 4 is 21.5 Å². The van der Waals surface area contributed by atoms with Crippen LogP contribution in [0.3, 0.4) is 0 Å². The van der Waals surface area contributed by atoms with E-state index in [1.165, 1.54) is 54.9 Å². The van der Waals surface area contributed by atoms with Crippen molar-refractivity contribution in [1.29, 1.82) is 0 Å². The van der Waals surface area contributed by atoms with E-state index in [1.807, 2.05) is 0 Å². The van der Waals surface area contributed by atoms with Gasteiger partial charge in [0.2, 0.25) is 0 Å². The van der Waals surface area contributed by atoms with Gasteiger partial charge in [-0.1, -0.05) is 127 Å². The van der Waals surface area contributed by atoms with E-state index < -0.39 is 0 Å². The lowest BCUT2D eigenvalue weighted by Gasteiger charge is -2.38. The molecule has 0 heteroatoms. The van der Waals surface area contributed by atoms with Crippen molar-refractivity contribution in [2.24, 2.45) is 17.3 Å². The van der Waals surface area contributed by atoms with E-state index >= 15 is 0 Å². The lowest BCUT2D eigenvalue weighted by Crippen LogP contribution is -2.32. The Bertz CT molecular complexity index is 1290. The maximum atomic E-state index is 2.48. The lowest BCUT2D eigenvalue weighted by molar-refractivity contribution is 0.137. The zero-order chi connectivity index (χ0) is 27.1. The topological polar surface area (TPSA) is 0 Å². The van der Waals surface area contributed by atoms with Gasteiger partial charge < -0.3 is 0 Å². The van der Waals surface area contributed by atoms with Gasteiger partial charge in [0, 0.05) is 0 Å². The largest absolute Gasteiger partial charge is 0.0617 e. The van der Waals surface area contributed by atoms with Crippen molar-refractivity contribution in [3.63, 3.8) is 0 Å². The minimum atomic E-state index is 0.228. The van der Waals surface area contributed by atoms with Crippen molar-refractivity contribution in [3.05, 3.63) is 94.0 Å². The van der Waals surface area contributed by atoms with Crippen molar-refractivity contribution in [1.82, 2.24) is 0 Å². The molecule has 0 amide bonds. The SMILES string of the molecule is Cc1cc(C(C)C)c2cc(CC(C)C(C)(C)C(C)Cc3ccc4cc(C)cc(C(C)C)c4c3)ccc2c1. The molecule has 4 aromatic rings. The van der Waals surface area contributed by atoms with Crippen LogP contribution in [0.2, 0.25) is 0 Å². The molecule has 0 N–H and O–H groups in total. The Kier molecular flexibility index (Phi) is 7.89. The van der Waals surface area contributed by atoms with Crippen molar-refractivity contribution in [3.8, 4) is 0 Å². The number of hydrogen-bond donors (Lipinski definition) is 0. The molecule has 0 radical (unpaired) electrons. The zero-order valence-corrected chi connectivity index (χ0v) is 25.0. The fourth-order valence-corrected chi connectivity index (χ4v) is 6.11. The fraction of sp³-hybridized carbons (Fsp3) is 0.459. The summed E-state index contributed by atoms with van der Waals surface area (Å²) in [6.45, 7) is 23.6. The lowest BCUT2D eigenvalue weighted by atomic mass is 9.67. The third kappa shape index (κ3) is 5.79. The quantitative estimate of drug-likeness (QED) is 0.229. The van der Waals surface area contributed by atoms with Gasteiger partial charge in [-0.25, -0.2) is 0 Å². The minimum absolute atomic E-state index is 0.228. The van der Waals surface area contributed by atoms with Gasteiger partial charge in [-0.3, -0.25) is 0 Å². The number of fused-ring (bicyclic) bond motifs is 2. The first-order chi connectivity index (χ1) is 17.4. The first-order valence-corrected chi connectivity index (χ1v) is 14.4. The highest BCUT2D eigenvalue weighted by Gasteiger charge is 2.32. The Labute approximate surface area is 226 Å². The molecule has 196 valence electrons. The van der Waals surface area contributed by atoms with Gasteiger partial charge in [-0.05, 0) is 99.6 Å². The fourth-order valence-electron chi connectivity index (χ4n) is 6.11. The summed E-state index contributed by atoms with van der Waals surface area (Å²) in [4.78, 5) is 0. The first kappa shape index (κ1) is 27.4. The summed E-state index contributed by atoms with van der Waals surface area (Å²) in [5.41, 5.74) is 8.83. The summed E-state index contributed by atoms with van der Waals surface area (Å²) in [6.07, 6.45) is 2.24. The van der Waals surface area contributed by atoms with Gasteiger partial charge in [0.05, 0.1) is 0 Å². The van der Waals surface area contributed by atoms with Crippen molar-refractivity contribution < 1.29 is 0 Å². The van der Waals surface area contributed by atoms with Crippen LogP contribution in [0.4, 0.5) is 0 Å². The summed E-state index contributed by atoms with van der Waals surface area (Å²) >= 11 is 0. The second kappa shape index (κ2) is 10.6. The van der Waals surface area contributed by atoms with Crippen LogP contribution in [0.5, 0.6) is 0 Å². The highest BCUT2D eigenvalue weighted by Crippen LogP contribution is 2.40. The Hall–Kier alpha value is -2.60. The molecule has 0 aliphatic heterocycles. The molecular weight excluding hydrogens is 444 g/mol. The molecule has 0 spiro atoms. The van der Waals surface area contributed by atoms with E-state index in [4.69, 9.17) is 0 Å². The predicted molar refractivity (Wildman–Crippen MR) is 165 cm³/mol. The normalized spacial score (nSPS) is 14.2. The molecule has 0 nitrogen and oxygen atoms in total. The molecular formula is C37H48. The van der Waals surface area contributed by atoms with Crippen LogP contribution < -0.4 is 0 Å². The number of hydrogen-bond acceptors (Lipinski definition) is 0. The van der Waals surface area contributed by atoms with Gasteiger partial charge >= 0.3 is 0 Å². The van der Waals surface area contributed by atoms with Crippen LogP contribution in [0, 0.1) is 31.1 Å². The van der Waals surface area contributed by atoms with Crippen molar-refractivity contribution in [2.75, 3.05) is 0 Å². The van der Waals surface area contributed by atoms with Gasteiger partial charge in [-0.15, -0.1) is 0 Å². The van der Waals surface area contributed by atoms with Gasteiger partial charge in [-0.2, -0.15) is 0 Å². The van der Waals surface area contributed by atoms with Crippen LogP contribution in [0.25, 0.3) is 21.5 Å². The highest BCUT2D eigenvalue weighted by molar-refractivity contribution is 5.88. The summed E-state index contributed by atoms with van der Waals surface area (Å²) in [5, 5.41) is 5.62. The van der Waals surface area contributed by atoms with Crippen molar-refractivity contribution in [2.45, 2.75) is 93.9 Å². The maximum absolute atomic E-state index is 2.48. The summed E-state index contributed by atoms with van der Waals surface area (Å²) < 4.78 is 0. The molecule has 0 bridgehead atoms. The minimum Gasteiger partial charge on any atom is -0.0617 e. The Morgan fingerprint density at radius 3 is 1.27 bits per heavy atom. The third-order valence-corrected chi connectivity index (χ3v) is 9.26. The van der Waals surface area contributed by atoms with Gasteiger partial charge in [0.15, 0.2) is 0 Å². The van der Waals surface area contributed by atoms with Crippen LogP contribution in [-0.4, -0.2) is 0 Å². The van der Waals surface area contributed by atoms with Crippen LogP contribution >= 0.6 is 0 Å². The molecule has 0 heterocycles. The molecule has 0 aliphatic rings. The van der Waals surface area contributed by atoms with E-state index in [2.05, 4.69) is 130 Å². The molecule has 0 saturated heterocycles. The van der Waals surface area contributed by atoms with E-state index in [0.29, 0.717) is 23.7 Å². The Morgan fingerprint density at radius 2 is 0.919 bits per heavy atom. The van der Waals surface area contributed by atoms with Crippen LogP contribution in [0.1, 0.15) is 101 Å². The molecule has 37 heavy (non-hydrogen) atoms. The summed E-state index contributed by atoms with van der Waals surface area (Å²) in [6, 6.07) is 23.8. The van der Waals surface area contributed by atoms with Gasteiger partial charge in [0.1, 0.15) is 0 Å². The Morgan fingerprint density at radius 1 is 0.541 bits per heavy atom. The molecule has 0 aliphatic carbocycles. The highest BCUT2D eigenvalue weighted by atomic mass is 14.4. The molecule has 4 aromatic carbocycles. The third-order valence-electron chi connectivity index (χ3n) is 9.26. The zero-order valence-electron chi connectivity index (χ0n) is 25.0. The van der Waals surface area contributed by atoms with E-state index in [1.54, 1.807) is 0 Å². The molecule has 0 saturated carbocycles. The molecule has 2 unspecified atom stereocenters. The average Bonchev–Trinajstić information content (AvgIpc) is 2.83. The number of benzene rings is 4. The average molecular weight is 493 g/mol. The number of aryl methyl sites for hydroxylation is 2. The van der Waals surface area contributed by atoms with E-state index in [-0.39, 0.29) is 5.41 Å². The molecule has 0 fully saturated rings. The van der Waals surface area contributed by atoms with E-state index in [9.17, 15) is 0 Å². The first-order valence-electron chi connectivity index (χ1n) is 14.4. The predicted octanol–water partition coefficient (Wildman–Crippen LogP) is 10.9. The smallest absolute Gasteiger partial charge is 0.0146 e. The summed E-state index contributed by atoms with van der Waals surface area (Å²) in [7, 11) is 0. The summed E-state index contributed by atoms with van der Waals surface area (Å²) in [5.74, 6) is 2.24. The number of rotatable bonds is 8. The second-order valence-corrected chi connectivity index (χ2v) is 13.2. The van der Waals surface area contributed by atoms with Gasteiger partial charge in [0.25, 0.3) is 0 Å². The van der Waals surface area contributed by atoms with Crippen LogP contribution in [-0.2, 0) is 12.8 Å². The maximum Gasteiger partial charge on any atom is -0.0146 e. The van der Waals surface area contributed by atoms with E-state index in [0.717, 1.165) is 12.8 Å². The van der Waals surface area contributed by atoms with Crippen LogP contribution in [0.15, 0.2) is 60.7 Å². The second-order valence-electron chi connectivity index (χ2n) is 13.2. The Balaban J connectivity index is 1.56.